The van der Waals surface area contributed by atoms with Crippen LogP contribution in [-0.4, -0.2) is 38.9 Å². The van der Waals surface area contributed by atoms with Gasteiger partial charge in [-0.25, -0.2) is 4.98 Å². The summed E-state index contributed by atoms with van der Waals surface area (Å²) in [6.45, 7) is 2.87. The number of amides is 1. The predicted molar refractivity (Wildman–Crippen MR) is 88.2 cm³/mol. The van der Waals surface area contributed by atoms with Crippen LogP contribution in [0.4, 0.5) is 0 Å². The lowest BCUT2D eigenvalue weighted by Gasteiger charge is -2.18. The lowest BCUT2D eigenvalue weighted by Crippen LogP contribution is -2.33. The van der Waals surface area contributed by atoms with Crippen LogP contribution in [0.1, 0.15) is 19.2 Å². The quantitative estimate of drug-likeness (QED) is 0.826. The number of hydrogen-bond donors (Lipinski definition) is 1. The first kappa shape index (κ1) is 15.4. The van der Waals surface area contributed by atoms with Crippen LogP contribution >= 0.6 is 12.2 Å². The number of para-hydroxylation sites is 2. The number of nitrogens with two attached hydrogens (primary N) is 1. The first-order valence-electron chi connectivity index (χ1n) is 6.99. The Labute approximate surface area is 129 Å². The molecule has 2 N–H and O–H groups in total. The van der Waals surface area contributed by atoms with E-state index in [2.05, 4.69) is 4.98 Å². The van der Waals surface area contributed by atoms with Crippen molar-refractivity contribution in [2.45, 2.75) is 26.3 Å². The molecule has 1 aromatic carbocycles. The average Bonchev–Trinajstić information content (AvgIpc) is 2.82. The molecule has 0 bridgehead atoms. The van der Waals surface area contributed by atoms with Crippen LogP contribution < -0.4 is 5.73 Å². The van der Waals surface area contributed by atoms with Crippen molar-refractivity contribution in [3.63, 3.8) is 0 Å². The molecule has 0 aliphatic heterocycles. The minimum atomic E-state index is 0.0316. The Kier molecular flexibility index (Phi) is 4.90. The van der Waals surface area contributed by atoms with Gasteiger partial charge in [0.05, 0.1) is 16.0 Å². The molecule has 1 aromatic heterocycles. The number of fused-ring (bicyclic) bond motifs is 1. The predicted octanol–water partition coefficient (Wildman–Crippen LogP) is 1.73. The highest BCUT2D eigenvalue weighted by Crippen LogP contribution is 2.16. The maximum absolute atomic E-state index is 12.3. The number of hydrogen-bond acceptors (Lipinski definition) is 3. The fourth-order valence-electron chi connectivity index (χ4n) is 2.23. The summed E-state index contributed by atoms with van der Waals surface area (Å²) >= 11 is 4.84. The highest BCUT2D eigenvalue weighted by Gasteiger charge is 2.15. The van der Waals surface area contributed by atoms with Gasteiger partial charge in [0.25, 0.3) is 0 Å². The van der Waals surface area contributed by atoms with Crippen LogP contribution in [0.25, 0.3) is 11.0 Å². The van der Waals surface area contributed by atoms with E-state index in [9.17, 15) is 4.79 Å². The Balaban J connectivity index is 2.18. The van der Waals surface area contributed by atoms with Crippen molar-refractivity contribution >= 4 is 34.1 Å². The lowest BCUT2D eigenvalue weighted by molar-refractivity contribution is -0.130. The molecular formula is C15H20N4OS. The molecule has 0 fully saturated rings. The van der Waals surface area contributed by atoms with Gasteiger partial charge in [-0.2, -0.15) is 0 Å². The Morgan fingerprint density at radius 2 is 2.14 bits per heavy atom. The van der Waals surface area contributed by atoms with E-state index in [0.29, 0.717) is 18.0 Å². The zero-order valence-electron chi connectivity index (χ0n) is 12.4. The second-order valence-electron chi connectivity index (χ2n) is 4.99. The van der Waals surface area contributed by atoms with Gasteiger partial charge in [0.2, 0.25) is 5.91 Å². The minimum Gasteiger partial charge on any atom is -0.393 e. The number of benzene rings is 1. The number of likely N-dealkylation sites (N-methyl/N-ethyl adjacent to an activating group) is 1. The van der Waals surface area contributed by atoms with Gasteiger partial charge in [-0.05, 0) is 12.1 Å². The molecule has 112 valence electrons. The van der Waals surface area contributed by atoms with Crippen molar-refractivity contribution < 1.29 is 4.79 Å². The number of imidazole rings is 1. The van der Waals surface area contributed by atoms with E-state index in [1.807, 2.05) is 35.8 Å². The Bertz CT molecular complexity index is 665. The van der Waals surface area contributed by atoms with E-state index in [-0.39, 0.29) is 12.5 Å². The maximum atomic E-state index is 12.3. The van der Waals surface area contributed by atoms with Gasteiger partial charge in [0.1, 0.15) is 12.4 Å². The summed E-state index contributed by atoms with van der Waals surface area (Å²) in [5.41, 5.74) is 7.39. The summed E-state index contributed by atoms with van der Waals surface area (Å²) in [5, 5.41) is 0. The normalized spacial score (nSPS) is 10.8. The molecule has 0 saturated heterocycles. The molecule has 2 rings (SSSR count). The molecule has 6 heteroatoms. The molecule has 2 aromatic rings. The third-order valence-corrected chi connectivity index (χ3v) is 3.67. The highest BCUT2D eigenvalue weighted by atomic mass is 32.1. The SMILES string of the molecule is CCc1nc2ccccc2n1CC(=O)N(C)CCC(N)=S. The van der Waals surface area contributed by atoms with Crippen LogP contribution in [-0.2, 0) is 17.8 Å². The molecule has 5 nitrogen and oxygen atoms in total. The first-order chi connectivity index (χ1) is 10.0. The summed E-state index contributed by atoms with van der Waals surface area (Å²) < 4.78 is 1.98. The summed E-state index contributed by atoms with van der Waals surface area (Å²) in [4.78, 5) is 19.0. The van der Waals surface area contributed by atoms with E-state index in [4.69, 9.17) is 18.0 Å². The Hall–Kier alpha value is -1.95. The van der Waals surface area contributed by atoms with Crippen molar-refractivity contribution in [2.75, 3.05) is 13.6 Å². The smallest absolute Gasteiger partial charge is 0.242 e. The molecule has 1 heterocycles. The van der Waals surface area contributed by atoms with Gasteiger partial charge in [0, 0.05) is 26.4 Å². The molecule has 0 spiro atoms. The van der Waals surface area contributed by atoms with Crippen LogP contribution in [0.2, 0.25) is 0 Å². The molecule has 21 heavy (non-hydrogen) atoms. The van der Waals surface area contributed by atoms with E-state index >= 15 is 0 Å². The third-order valence-electron chi connectivity index (χ3n) is 3.46. The third kappa shape index (κ3) is 3.58. The van der Waals surface area contributed by atoms with Crippen LogP contribution in [0.3, 0.4) is 0 Å². The van der Waals surface area contributed by atoms with Gasteiger partial charge < -0.3 is 15.2 Å². The summed E-state index contributed by atoms with van der Waals surface area (Å²) in [5.74, 6) is 0.955. The van der Waals surface area contributed by atoms with Crippen molar-refractivity contribution in [3.05, 3.63) is 30.1 Å². The van der Waals surface area contributed by atoms with Crippen LogP contribution in [0, 0.1) is 0 Å². The maximum Gasteiger partial charge on any atom is 0.242 e. The zero-order valence-corrected chi connectivity index (χ0v) is 13.2. The van der Waals surface area contributed by atoms with Crippen molar-refractivity contribution in [1.29, 1.82) is 0 Å². The van der Waals surface area contributed by atoms with Crippen molar-refractivity contribution in [1.82, 2.24) is 14.5 Å². The number of carbonyl (C=O) groups is 1. The van der Waals surface area contributed by atoms with Gasteiger partial charge >= 0.3 is 0 Å². The number of thiocarbonyl (C=S) groups is 1. The van der Waals surface area contributed by atoms with Gasteiger partial charge in [-0.15, -0.1) is 0 Å². The van der Waals surface area contributed by atoms with Crippen LogP contribution in [0.5, 0.6) is 0 Å². The average molecular weight is 304 g/mol. The number of rotatable bonds is 6. The van der Waals surface area contributed by atoms with Gasteiger partial charge in [-0.3, -0.25) is 4.79 Å². The summed E-state index contributed by atoms with van der Waals surface area (Å²) in [6.07, 6.45) is 1.33. The standard InChI is InChI=1S/C15H20N4OS/c1-3-14-17-11-6-4-5-7-12(11)19(14)10-15(20)18(2)9-8-13(16)21/h4-7H,3,8-10H2,1-2H3,(H2,16,21). The molecular weight excluding hydrogens is 284 g/mol. The zero-order chi connectivity index (χ0) is 15.4. The van der Waals surface area contributed by atoms with E-state index in [0.717, 1.165) is 23.3 Å². The molecule has 0 atom stereocenters. The van der Waals surface area contributed by atoms with E-state index in [1.54, 1.807) is 11.9 Å². The fourth-order valence-corrected chi connectivity index (χ4v) is 2.32. The monoisotopic (exact) mass is 304 g/mol. The molecule has 1 amide bonds. The van der Waals surface area contributed by atoms with Gasteiger partial charge in [-0.1, -0.05) is 31.3 Å². The number of aryl methyl sites for hydroxylation is 1. The van der Waals surface area contributed by atoms with E-state index < -0.39 is 0 Å². The second-order valence-corrected chi connectivity index (χ2v) is 5.51. The second kappa shape index (κ2) is 6.67. The number of aromatic nitrogens is 2. The van der Waals surface area contributed by atoms with E-state index in [1.165, 1.54) is 0 Å². The summed E-state index contributed by atoms with van der Waals surface area (Å²) in [6, 6.07) is 7.87. The van der Waals surface area contributed by atoms with Crippen LogP contribution in [0.15, 0.2) is 24.3 Å². The van der Waals surface area contributed by atoms with Crippen molar-refractivity contribution in [2.24, 2.45) is 5.73 Å². The topological polar surface area (TPSA) is 64.2 Å². The number of nitrogens with zero attached hydrogens (tertiary/aromatic N) is 3. The largest absolute Gasteiger partial charge is 0.393 e. The minimum absolute atomic E-state index is 0.0316. The fraction of sp³-hybridized carbons (Fsp3) is 0.400. The summed E-state index contributed by atoms with van der Waals surface area (Å²) in [7, 11) is 1.77. The lowest BCUT2D eigenvalue weighted by atomic mass is 10.3. The first-order valence-corrected chi connectivity index (χ1v) is 7.40. The number of carbonyl (C=O) groups excluding carboxylic acids is 1. The molecule has 0 unspecified atom stereocenters. The Morgan fingerprint density at radius 3 is 2.81 bits per heavy atom. The Morgan fingerprint density at radius 1 is 1.43 bits per heavy atom. The highest BCUT2D eigenvalue weighted by molar-refractivity contribution is 7.80. The molecule has 0 aliphatic carbocycles. The van der Waals surface area contributed by atoms with Gasteiger partial charge in [0.15, 0.2) is 0 Å². The molecule has 0 radical (unpaired) electrons. The molecule has 0 saturated carbocycles. The molecule has 0 aliphatic rings. The van der Waals surface area contributed by atoms with Crippen molar-refractivity contribution in [3.8, 4) is 0 Å².